The summed E-state index contributed by atoms with van der Waals surface area (Å²) in [4.78, 5) is 4.19. The zero-order chi connectivity index (χ0) is 11.5. The van der Waals surface area contributed by atoms with Crippen molar-refractivity contribution in [1.82, 2.24) is 10.1 Å². The molecule has 2 aromatic rings. The van der Waals surface area contributed by atoms with Crippen molar-refractivity contribution >= 4 is 5.69 Å². The molecule has 4 nitrogen and oxygen atoms in total. The SMILES string of the molecule is CCCc1noc(-c2ccc(F)c(N)c2)n1. The molecule has 0 amide bonds. The first-order valence-corrected chi connectivity index (χ1v) is 5.08. The number of nitrogens with zero attached hydrogens (tertiary/aromatic N) is 2. The zero-order valence-electron chi connectivity index (χ0n) is 8.90. The highest BCUT2D eigenvalue weighted by atomic mass is 19.1. The second-order valence-corrected chi connectivity index (χ2v) is 3.50. The van der Waals surface area contributed by atoms with Crippen molar-refractivity contribution in [2.45, 2.75) is 19.8 Å². The highest BCUT2D eigenvalue weighted by Crippen LogP contribution is 2.21. The maximum absolute atomic E-state index is 12.9. The first-order chi connectivity index (χ1) is 7.70. The Labute approximate surface area is 92.3 Å². The fraction of sp³-hybridized carbons (Fsp3) is 0.273. The van der Waals surface area contributed by atoms with Crippen LogP contribution in [0.3, 0.4) is 0 Å². The molecule has 0 aliphatic rings. The van der Waals surface area contributed by atoms with Gasteiger partial charge < -0.3 is 10.3 Å². The molecule has 0 saturated carbocycles. The lowest BCUT2D eigenvalue weighted by molar-refractivity contribution is 0.422. The van der Waals surface area contributed by atoms with Crippen LogP contribution >= 0.6 is 0 Å². The third kappa shape index (κ3) is 2.03. The summed E-state index contributed by atoms with van der Waals surface area (Å²) >= 11 is 0. The quantitative estimate of drug-likeness (QED) is 0.808. The van der Waals surface area contributed by atoms with Gasteiger partial charge in [-0.3, -0.25) is 0 Å². The van der Waals surface area contributed by atoms with Crippen LogP contribution in [-0.2, 0) is 6.42 Å². The number of anilines is 1. The molecule has 0 aliphatic heterocycles. The molecule has 1 aromatic carbocycles. The van der Waals surface area contributed by atoms with Crippen molar-refractivity contribution in [3.63, 3.8) is 0 Å². The number of halogens is 1. The maximum Gasteiger partial charge on any atom is 0.257 e. The van der Waals surface area contributed by atoms with E-state index in [-0.39, 0.29) is 5.69 Å². The minimum absolute atomic E-state index is 0.0766. The van der Waals surface area contributed by atoms with Crippen LogP contribution in [0.5, 0.6) is 0 Å². The Morgan fingerprint density at radius 2 is 2.25 bits per heavy atom. The van der Waals surface area contributed by atoms with Gasteiger partial charge in [0.25, 0.3) is 5.89 Å². The topological polar surface area (TPSA) is 64.9 Å². The van der Waals surface area contributed by atoms with Gasteiger partial charge >= 0.3 is 0 Å². The molecule has 1 aromatic heterocycles. The van der Waals surface area contributed by atoms with E-state index >= 15 is 0 Å². The smallest absolute Gasteiger partial charge is 0.257 e. The fourth-order valence-electron chi connectivity index (χ4n) is 1.37. The molecular formula is C11H12FN3O. The summed E-state index contributed by atoms with van der Waals surface area (Å²) in [5, 5.41) is 3.81. The summed E-state index contributed by atoms with van der Waals surface area (Å²) in [7, 11) is 0. The van der Waals surface area contributed by atoms with E-state index in [1.807, 2.05) is 6.92 Å². The van der Waals surface area contributed by atoms with Crippen LogP contribution in [0.2, 0.25) is 0 Å². The van der Waals surface area contributed by atoms with Gasteiger partial charge in [-0.05, 0) is 24.6 Å². The second kappa shape index (κ2) is 4.30. The minimum Gasteiger partial charge on any atom is -0.396 e. The zero-order valence-corrected chi connectivity index (χ0v) is 8.90. The third-order valence-electron chi connectivity index (χ3n) is 2.18. The molecular weight excluding hydrogens is 209 g/mol. The van der Waals surface area contributed by atoms with E-state index in [1.165, 1.54) is 12.1 Å². The molecule has 16 heavy (non-hydrogen) atoms. The number of aryl methyl sites for hydroxylation is 1. The molecule has 0 atom stereocenters. The van der Waals surface area contributed by atoms with Crippen molar-refractivity contribution in [2.75, 3.05) is 5.73 Å². The maximum atomic E-state index is 12.9. The van der Waals surface area contributed by atoms with E-state index < -0.39 is 5.82 Å². The average molecular weight is 221 g/mol. The number of aromatic nitrogens is 2. The van der Waals surface area contributed by atoms with Gasteiger partial charge in [0.1, 0.15) is 5.82 Å². The highest BCUT2D eigenvalue weighted by Gasteiger charge is 2.09. The fourth-order valence-corrected chi connectivity index (χ4v) is 1.37. The predicted molar refractivity (Wildman–Crippen MR) is 58.1 cm³/mol. The number of nitrogen functional groups attached to an aromatic ring is 1. The van der Waals surface area contributed by atoms with Crippen LogP contribution < -0.4 is 5.73 Å². The van der Waals surface area contributed by atoms with E-state index in [1.54, 1.807) is 6.07 Å². The molecule has 84 valence electrons. The van der Waals surface area contributed by atoms with Gasteiger partial charge in [-0.25, -0.2) is 4.39 Å². The number of benzene rings is 1. The first-order valence-electron chi connectivity index (χ1n) is 5.08. The summed E-state index contributed by atoms with van der Waals surface area (Å²) in [5.74, 6) is 0.576. The van der Waals surface area contributed by atoms with Crippen molar-refractivity contribution in [3.05, 3.63) is 29.8 Å². The summed E-state index contributed by atoms with van der Waals surface area (Å²) in [6.45, 7) is 2.03. The molecule has 0 unspecified atom stereocenters. The van der Waals surface area contributed by atoms with Crippen molar-refractivity contribution in [2.24, 2.45) is 0 Å². The molecule has 0 bridgehead atoms. The van der Waals surface area contributed by atoms with Gasteiger partial charge in [-0.2, -0.15) is 4.98 Å². The van der Waals surface area contributed by atoms with Crippen molar-refractivity contribution in [1.29, 1.82) is 0 Å². The standard InChI is InChI=1S/C11H12FN3O/c1-2-3-10-14-11(16-15-10)7-4-5-8(12)9(13)6-7/h4-6H,2-3,13H2,1H3. The van der Waals surface area contributed by atoms with Gasteiger partial charge in [0.05, 0.1) is 5.69 Å². The van der Waals surface area contributed by atoms with E-state index in [9.17, 15) is 4.39 Å². The molecule has 0 radical (unpaired) electrons. The average Bonchev–Trinajstić information content (AvgIpc) is 2.71. The third-order valence-corrected chi connectivity index (χ3v) is 2.18. The Kier molecular flexibility index (Phi) is 2.85. The van der Waals surface area contributed by atoms with E-state index in [0.717, 1.165) is 12.8 Å². The Bertz CT molecular complexity index is 496. The normalized spacial score (nSPS) is 10.6. The largest absolute Gasteiger partial charge is 0.396 e. The lowest BCUT2D eigenvalue weighted by Crippen LogP contribution is -1.91. The minimum atomic E-state index is -0.447. The van der Waals surface area contributed by atoms with Gasteiger partial charge in [0.2, 0.25) is 0 Å². The predicted octanol–water partition coefficient (Wildman–Crippen LogP) is 2.41. The van der Waals surface area contributed by atoms with Crippen molar-refractivity contribution in [3.8, 4) is 11.5 Å². The molecule has 0 aliphatic carbocycles. The Morgan fingerprint density at radius 3 is 2.94 bits per heavy atom. The van der Waals surface area contributed by atoms with Crippen LogP contribution in [0.15, 0.2) is 22.7 Å². The Hall–Kier alpha value is -1.91. The monoisotopic (exact) mass is 221 g/mol. The van der Waals surface area contributed by atoms with Crippen LogP contribution in [0, 0.1) is 5.82 Å². The van der Waals surface area contributed by atoms with Gasteiger partial charge in [-0.1, -0.05) is 12.1 Å². The van der Waals surface area contributed by atoms with Crippen LogP contribution in [0.25, 0.3) is 11.5 Å². The Balaban J connectivity index is 2.31. The van der Waals surface area contributed by atoms with E-state index in [4.69, 9.17) is 10.3 Å². The summed E-state index contributed by atoms with van der Waals surface area (Å²) in [5.41, 5.74) is 6.17. The van der Waals surface area contributed by atoms with Gasteiger partial charge in [0.15, 0.2) is 5.82 Å². The van der Waals surface area contributed by atoms with Crippen LogP contribution in [0.4, 0.5) is 10.1 Å². The van der Waals surface area contributed by atoms with E-state index in [0.29, 0.717) is 17.3 Å². The molecule has 0 spiro atoms. The molecule has 0 saturated heterocycles. The first kappa shape index (κ1) is 10.6. The van der Waals surface area contributed by atoms with Crippen LogP contribution in [0.1, 0.15) is 19.2 Å². The lowest BCUT2D eigenvalue weighted by atomic mass is 10.2. The van der Waals surface area contributed by atoms with E-state index in [2.05, 4.69) is 10.1 Å². The van der Waals surface area contributed by atoms with Crippen LogP contribution in [-0.4, -0.2) is 10.1 Å². The lowest BCUT2D eigenvalue weighted by Gasteiger charge is -1.97. The molecule has 1 heterocycles. The number of hydrogen-bond donors (Lipinski definition) is 1. The molecule has 2 rings (SSSR count). The highest BCUT2D eigenvalue weighted by molar-refractivity contribution is 5.59. The number of hydrogen-bond acceptors (Lipinski definition) is 4. The van der Waals surface area contributed by atoms with Gasteiger partial charge in [-0.15, -0.1) is 0 Å². The van der Waals surface area contributed by atoms with Gasteiger partial charge in [0, 0.05) is 12.0 Å². The number of rotatable bonds is 3. The molecule has 2 N–H and O–H groups in total. The molecule has 5 heteroatoms. The summed E-state index contributed by atoms with van der Waals surface area (Å²) < 4.78 is 18.0. The second-order valence-electron chi connectivity index (χ2n) is 3.50. The number of nitrogens with two attached hydrogens (primary N) is 1. The molecule has 0 fully saturated rings. The summed E-state index contributed by atoms with van der Waals surface area (Å²) in [6.07, 6.45) is 1.71. The van der Waals surface area contributed by atoms with Crippen molar-refractivity contribution < 1.29 is 8.91 Å². The Morgan fingerprint density at radius 1 is 1.44 bits per heavy atom. The summed E-state index contributed by atoms with van der Waals surface area (Å²) in [6, 6.07) is 4.34.